The van der Waals surface area contributed by atoms with Crippen molar-refractivity contribution in [2.45, 2.75) is 6.42 Å². The zero-order valence-corrected chi connectivity index (χ0v) is 14.4. The van der Waals surface area contributed by atoms with Crippen LogP contribution < -0.4 is 10.6 Å². The van der Waals surface area contributed by atoms with E-state index in [1.807, 2.05) is 24.3 Å². The first-order valence-electron chi connectivity index (χ1n) is 7.31. The maximum Gasteiger partial charge on any atom is 0.291 e. The summed E-state index contributed by atoms with van der Waals surface area (Å²) in [5.74, 6) is -0.841. The van der Waals surface area contributed by atoms with Crippen LogP contribution >= 0.6 is 15.9 Å². The Kier molecular flexibility index (Phi) is 6.77. The molecule has 6 nitrogen and oxygen atoms in total. The number of carbonyl (C=O) groups is 2. The highest BCUT2D eigenvalue weighted by Gasteiger charge is 2.15. The van der Waals surface area contributed by atoms with Crippen LogP contribution in [0.25, 0.3) is 6.08 Å². The molecule has 1 aromatic heterocycles. The minimum Gasteiger partial charge on any atom is -0.459 e. The van der Waals surface area contributed by atoms with Crippen LogP contribution in [0.3, 0.4) is 0 Å². The molecule has 24 heavy (non-hydrogen) atoms. The molecule has 1 aromatic carbocycles. The summed E-state index contributed by atoms with van der Waals surface area (Å²) < 4.78 is 5.94. The standard InChI is InChI=1S/C17H17BrN2O4/c18-13-6-4-12(5-7-13)11-14(16(22)19-8-2-9-21)20-17(23)15-3-1-10-24-15/h1,3-7,10-11,21H,2,8-9H2,(H,19,22)(H,20,23). The lowest BCUT2D eigenvalue weighted by molar-refractivity contribution is -0.117. The molecule has 2 rings (SSSR count). The monoisotopic (exact) mass is 392 g/mol. The van der Waals surface area contributed by atoms with E-state index in [4.69, 9.17) is 9.52 Å². The summed E-state index contributed by atoms with van der Waals surface area (Å²) in [6.07, 6.45) is 3.39. The number of rotatable bonds is 7. The lowest BCUT2D eigenvalue weighted by Gasteiger charge is -2.10. The van der Waals surface area contributed by atoms with Gasteiger partial charge in [-0.15, -0.1) is 0 Å². The van der Waals surface area contributed by atoms with E-state index in [0.29, 0.717) is 13.0 Å². The molecule has 2 aromatic rings. The van der Waals surface area contributed by atoms with Crippen LogP contribution in [0.5, 0.6) is 0 Å². The summed E-state index contributed by atoms with van der Waals surface area (Å²) in [4.78, 5) is 24.4. The maximum absolute atomic E-state index is 12.3. The summed E-state index contributed by atoms with van der Waals surface area (Å²) in [5.41, 5.74) is 0.849. The average molecular weight is 393 g/mol. The molecule has 7 heteroatoms. The van der Waals surface area contributed by atoms with Crippen LogP contribution in [0, 0.1) is 0 Å². The van der Waals surface area contributed by atoms with Crippen molar-refractivity contribution >= 4 is 33.8 Å². The molecule has 126 valence electrons. The van der Waals surface area contributed by atoms with Crippen molar-refractivity contribution in [3.63, 3.8) is 0 Å². The van der Waals surface area contributed by atoms with E-state index in [0.717, 1.165) is 10.0 Å². The molecule has 0 spiro atoms. The summed E-state index contributed by atoms with van der Waals surface area (Å²) in [7, 11) is 0. The fourth-order valence-corrected chi connectivity index (χ4v) is 2.12. The molecule has 0 radical (unpaired) electrons. The second-order valence-electron chi connectivity index (χ2n) is 4.87. The van der Waals surface area contributed by atoms with Crippen LogP contribution in [-0.2, 0) is 4.79 Å². The number of amides is 2. The fourth-order valence-electron chi connectivity index (χ4n) is 1.85. The first-order valence-corrected chi connectivity index (χ1v) is 8.10. The van der Waals surface area contributed by atoms with E-state index in [1.165, 1.54) is 12.3 Å². The van der Waals surface area contributed by atoms with Gasteiger partial charge in [0.2, 0.25) is 0 Å². The Bertz CT molecular complexity index is 709. The summed E-state index contributed by atoms with van der Waals surface area (Å²) in [6, 6.07) is 10.4. The molecular weight excluding hydrogens is 376 g/mol. The maximum atomic E-state index is 12.3. The Morgan fingerprint density at radius 1 is 1.21 bits per heavy atom. The van der Waals surface area contributed by atoms with Crippen molar-refractivity contribution in [3.8, 4) is 0 Å². The van der Waals surface area contributed by atoms with Gasteiger partial charge in [0.1, 0.15) is 5.70 Å². The molecule has 0 atom stereocenters. The van der Waals surface area contributed by atoms with Crippen LogP contribution in [0.1, 0.15) is 22.5 Å². The van der Waals surface area contributed by atoms with Crippen molar-refractivity contribution in [1.82, 2.24) is 10.6 Å². The van der Waals surface area contributed by atoms with E-state index in [1.54, 1.807) is 12.1 Å². The number of halogens is 1. The molecule has 0 bridgehead atoms. The highest BCUT2D eigenvalue weighted by molar-refractivity contribution is 9.10. The average Bonchev–Trinajstić information content (AvgIpc) is 3.11. The van der Waals surface area contributed by atoms with E-state index in [9.17, 15) is 9.59 Å². The number of carbonyl (C=O) groups excluding carboxylic acids is 2. The predicted molar refractivity (Wildman–Crippen MR) is 93.0 cm³/mol. The van der Waals surface area contributed by atoms with Gasteiger partial charge in [-0.05, 0) is 42.3 Å². The molecule has 0 aliphatic carbocycles. The van der Waals surface area contributed by atoms with E-state index < -0.39 is 11.8 Å². The quantitative estimate of drug-likeness (QED) is 0.497. The molecule has 0 aliphatic rings. The molecule has 3 N–H and O–H groups in total. The lowest BCUT2D eigenvalue weighted by Crippen LogP contribution is -2.35. The first kappa shape index (κ1) is 18.0. The van der Waals surface area contributed by atoms with Crippen molar-refractivity contribution in [2.75, 3.05) is 13.2 Å². The Labute approximate surface area is 147 Å². The van der Waals surface area contributed by atoms with Gasteiger partial charge in [-0.1, -0.05) is 28.1 Å². The first-order chi connectivity index (χ1) is 11.6. The third kappa shape index (κ3) is 5.36. The van der Waals surface area contributed by atoms with Gasteiger partial charge in [-0.3, -0.25) is 9.59 Å². The molecule has 0 fully saturated rings. The minimum absolute atomic E-state index is 0.0230. The number of hydrogen-bond donors (Lipinski definition) is 3. The smallest absolute Gasteiger partial charge is 0.291 e. The Balaban J connectivity index is 2.18. The molecule has 0 aliphatic heterocycles. The van der Waals surface area contributed by atoms with Gasteiger partial charge >= 0.3 is 0 Å². The molecule has 2 amide bonds. The van der Waals surface area contributed by atoms with Crippen molar-refractivity contribution in [3.05, 3.63) is 64.2 Å². The van der Waals surface area contributed by atoms with Crippen LogP contribution in [-0.4, -0.2) is 30.1 Å². The van der Waals surface area contributed by atoms with Crippen molar-refractivity contribution < 1.29 is 19.1 Å². The van der Waals surface area contributed by atoms with Crippen LogP contribution in [0.4, 0.5) is 0 Å². The number of furan rings is 1. The van der Waals surface area contributed by atoms with Crippen LogP contribution in [0.2, 0.25) is 0 Å². The topological polar surface area (TPSA) is 91.6 Å². The highest BCUT2D eigenvalue weighted by atomic mass is 79.9. The molecule has 0 unspecified atom stereocenters. The van der Waals surface area contributed by atoms with E-state index in [2.05, 4.69) is 26.6 Å². The minimum atomic E-state index is -0.513. The zero-order valence-electron chi connectivity index (χ0n) is 12.8. The third-order valence-corrected chi connectivity index (χ3v) is 3.57. The largest absolute Gasteiger partial charge is 0.459 e. The van der Waals surface area contributed by atoms with E-state index in [-0.39, 0.29) is 18.1 Å². The second-order valence-corrected chi connectivity index (χ2v) is 5.79. The van der Waals surface area contributed by atoms with Gasteiger partial charge in [-0.2, -0.15) is 0 Å². The number of benzene rings is 1. The summed E-state index contributed by atoms with van der Waals surface area (Å²) in [6.45, 7) is 0.286. The Hall–Kier alpha value is -2.38. The number of nitrogens with one attached hydrogen (secondary N) is 2. The fraction of sp³-hybridized carbons (Fsp3) is 0.176. The Morgan fingerprint density at radius 2 is 1.96 bits per heavy atom. The second kappa shape index (κ2) is 9.05. The molecule has 0 saturated heterocycles. The Morgan fingerprint density at radius 3 is 2.58 bits per heavy atom. The predicted octanol–water partition coefficient (Wildman–Crippen LogP) is 2.31. The van der Waals surface area contributed by atoms with Gasteiger partial charge in [-0.25, -0.2) is 0 Å². The van der Waals surface area contributed by atoms with Crippen molar-refractivity contribution in [1.29, 1.82) is 0 Å². The normalized spacial score (nSPS) is 11.2. The van der Waals surface area contributed by atoms with Gasteiger partial charge < -0.3 is 20.2 Å². The molecule has 1 heterocycles. The molecular formula is C17H17BrN2O4. The summed E-state index contributed by atoms with van der Waals surface area (Å²) in [5, 5.41) is 14.0. The van der Waals surface area contributed by atoms with Gasteiger partial charge in [0, 0.05) is 17.6 Å². The van der Waals surface area contributed by atoms with Gasteiger partial charge in [0.15, 0.2) is 5.76 Å². The third-order valence-electron chi connectivity index (χ3n) is 3.04. The molecule has 0 saturated carbocycles. The highest BCUT2D eigenvalue weighted by Crippen LogP contribution is 2.13. The van der Waals surface area contributed by atoms with Crippen LogP contribution in [0.15, 0.2) is 57.2 Å². The van der Waals surface area contributed by atoms with Gasteiger partial charge in [0.25, 0.3) is 11.8 Å². The van der Waals surface area contributed by atoms with E-state index >= 15 is 0 Å². The number of aliphatic hydroxyl groups is 1. The zero-order chi connectivity index (χ0) is 17.4. The van der Waals surface area contributed by atoms with Crippen molar-refractivity contribution in [2.24, 2.45) is 0 Å². The summed E-state index contributed by atoms with van der Waals surface area (Å²) >= 11 is 3.34. The SMILES string of the molecule is O=C(NCCCO)C(=Cc1ccc(Br)cc1)NC(=O)c1ccco1. The number of hydrogen-bond acceptors (Lipinski definition) is 4. The van der Waals surface area contributed by atoms with Gasteiger partial charge in [0.05, 0.1) is 6.26 Å². The number of aliphatic hydroxyl groups excluding tert-OH is 1. The lowest BCUT2D eigenvalue weighted by atomic mass is 10.2.